The Morgan fingerprint density at radius 1 is 1.07 bits per heavy atom. The molecule has 0 aliphatic carbocycles. The summed E-state index contributed by atoms with van der Waals surface area (Å²) in [5, 5.41) is 13.0. The summed E-state index contributed by atoms with van der Waals surface area (Å²) in [5.41, 5.74) is 7.82. The van der Waals surface area contributed by atoms with Gasteiger partial charge in [-0.05, 0) is 49.2 Å². The maximum atomic E-state index is 4.60. The van der Waals surface area contributed by atoms with Crippen LogP contribution in [0.15, 0.2) is 49.2 Å². The Kier molecular flexibility index (Phi) is 3.78. The molecule has 8 nitrogen and oxygen atoms in total. The molecule has 0 atom stereocenters. The number of rotatable bonds is 3. The molecule has 0 saturated heterocycles. The van der Waals surface area contributed by atoms with Crippen LogP contribution in [0.4, 0.5) is 0 Å². The van der Waals surface area contributed by atoms with Gasteiger partial charge in [0.05, 0.1) is 23.4 Å². The highest BCUT2D eigenvalue weighted by molar-refractivity contribution is 5.96. The number of aryl methyl sites for hydroxylation is 1. The first-order chi connectivity index (χ1) is 14.8. The van der Waals surface area contributed by atoms with Crippen LogP contribution in [0.5, 0.6) is 0 Å². The fourth-order valence-electron chi connectivity index (χ4n) is 4.09. The second-order valence-corrected chi connectivity index (χ2v) is 7.57. The van der Waals surface area contributed by atoms with E-state index in [1.165, 1.54) is 5.57 Å². The van der Waals surface area contributed by atoms with Crippen LogP contribution in [0.1, 0.15) is 17.7 Å². The molecule has 0 fully saturated rings. The monoisotopic (exact) mass is 396 g/mol. The second-order valence-electron chi connectivity index (χ2n) is 7.57. The summed E-state index contributed by atoms with van der Waals surface area (Å²) in [6.07, 6.45) is 10.8. The van der Waals surface area contributed by atoms with Crippen LogP contribution in [-0.2, 0) is 0 Å². The molecule has 5 aromatic rings. The number of fused-ring (bicyclic) bond motifs is 2. The van der Waals surface area contributed by atoms with Gasteiger partial charge in [-0.3, -0.25) is 5.10 Å². The number of aromatic nitrogens is 7. The van der Waals surface area contributed by atoms with E-state index in [0.717, 1.165) is 69.9 Å². The highest BCUT2D eigenvalue weighted by Crippen LogP contribution is 2.31. The molecule has 30 heavy (non-hydrogen) atoms. The molecule has 0 aromatic carbocycles. The van der Waals surface area contributed by atoms with Gasteiger partial charge in [0.25, 0.3) is 0 Å². The molecule has 6 heterocycles. The molecule has 6 rings (SSSR count). The molecule has 1 aliphatic rings. The van der Waals surface area contributed by atoms with E-state index in [1.807, 2.05) is 36.3 Å². The van der Waals surface area contributed by atoms with Crippen molar-refractivity contribution in [3.8, 4) is 17.1 Å². The third kappa shape index (κ3) is 2.73. The van der Waals surface area contributed by atoms with E-state index in [-0.39, 0.29) is 0 Å². The van der Waals surface area contributed by atoms with Gasteiger partial charge in [-0.25, -0.2) is 15.0 Å². The van der Waals surface area contributed by atoms with Gasteiger partial charge in [-0.2, -0.15) is 5.10 Å². The number of hydrogen-bond acceptors (Lipinski definition) is 5. The lowest BCUT2D eigenvalue weighted by molar-refractivity contribution is 0.738. The van der Waals surface area contributed by atoms with Crippen molar-refractivity contribution >= 4 is 27.6 Å². The minimum absolute atomic E-state index is 0.778. The normalized spacial score (nSPS) is 14.5. The van der Waals surface area contributed by atoms with Crippen molar-refractivity contribution in [2.45, 2.75) is 13.3 Å². The third-order valence-electron chi connectivity index (χ3n) is 5.60. The second kappa shape index (κ2) is 6.64. The summed E-state index contributed by atoms with van der Waals surface area (Å²) in [5.74, 6) is 0. The van der Waals surface area contributed by atoms with Gasteiger partial charge in [-0.1, -0.05) is 6.08 Å². The minimum atomic E-state index is 0.778. The average Bonchev–Trinajstić information content (AvgIpc) is 3.51. The SMILES string of the molecule is Cc1cn(-c2ccnc3[nH]c(-c4n[nH]c5ncc(C6=CCNCC6)cc45)cc23)cn1. The maximum absolute atomic E-state index is 4.60. The number of nitrogens with zero attached hydrogens (tertiary/aromatic N) is 5. The Morgan fingerprint density at radius 2 is 2.03 bits per heavy atom. The van der Waals surface area contributed by atoms with Crippen LogP contribution in [-0.4, -0.2) is 47.8 Å². The molecule has 0 radical (unpaired) electrons. The van der Waals surface area contributed by atoms with Crippen molar-refractivity contribution in [3.63, 3.8) is 0 Å². The lowest BCUT2D eigenvalue weighted by Gasteiger charge is -2.13. The molecule has 5 aromatic heterocycles. The number of H-pyrrole nitrogens is 2. The van der Waals surface area contributed by atoms with Gasteiger partial charge in [0, 0.05) is 35.9 Å². The van der Waals surface area contributed by atoms with E-state index >= 15 is 0 Å². The Morgan fingerprint density at radius 3 is 2.87 bits per heavy atom. The molecule has 1 aliphatic heterocycles. The van der Waals surface area contributed by atoms with E-state index in [2.05, 4.69) is 53.7 Å². The molecular weight excluding hydrogens is 376 g/mol. The fraction of sp³-hybridized carbons (Fsp3) is 0.182. The highest BCUT2D eigenvalue weighted by atomic mass is 15.2. The molecule has 148 valence electrons. The van der Waals surface area contributed by atoms with Crippen molar-refractivity contribution < 1.29 is 0 Å². The lowest BCUT2D eigenvalue weighted by atomic mass is 10.0. The summed E-state index contributed by atoms with van der Waals surface area (Å²) in [6.45, 7) is 3.87. The molecule has 0 amide bonds. The maximum Gasteiger partial charge on any atom is 0.155 e. The van der Waals surface area contributed by atoms with E-state index in [9.17, 15) is 0 Å². The predicted molar refractivity (Wildman–Crippen MR) is 116 cm³/mol. The van der Waals surface area contributed by atoms with Gasteiger partial charge in [0.2, 0.25) is 0 Å². The van der Waals surface area contributed by atoms with Crippen LogP contribution in [0.25, 0.3) is 44.7 Å². The summed E-state index contributed by atoms with van der Waals surface area (Å²) >= 11 is 0. The molecule has 0 bridgehead atoms. The van der Waals surface area contributed by atoms with Crippen molar-refractivity contribution in [1.29, 1.82) is 0 Å². The zero-order chi connectivity index (χ0) is 20.1. The van der Waals surface area contributed by atoms with E-state index < -0.39 is 0 Å². The zero-order valence-corrected chi connectivity index (χ0v) is 16.5. The van der Waals surface area contributed by atoms with Gasteiger partial charge < -0.3 is 14.9 Å². The Balaban J connectivity index is 1.49. The first-order valence-corrected chi connectivity index (χ1v) is 9.99. The quantitative estimate of drug-likeness (QED) is 0.434. The van der Waals surface area contributed by atoms with Gasteiger partial charge >= 0.3 is 0 Å². The topological polar surface area (TPSA) is 100 Å². The van der Waals surface area contributed by atoms with Gasteiger partial charge in [0.15, 0.2) is 5.65 Å². The Labute approximate surface area is 172 Å². The molecule has 0 saturated carbocycles. The molecular formula is C22H20N8. The minimum Gasteiger partial charge on any atom is -0.338 e. The van der Waals surface area contributed by atoms with Crippen LogP contribution < -0.4 is 5.32 Å². The smallest absolute Gasteiger partial charge is 0.155 e. The zero-order valence-electron chi connectivity index (χ0n) is 16.5. The first-order valence-electron chi connectivity index (χ1n) is 9.99. The summed E-state index contributed by atoms with van der Waals surface area (Å²) in [6, 6.07) is 6.27. The predicted octanol–water partition coefficient (Wildman–Crippen LogP) is 3.37. The summed E-state index contributed by atoms with van der Waals surface area (Å²) in [7, 11) is 0. The molecule has 0 spiro atoms. The Hall–Kier alpha value is -3.78. The number of pyridine rings is 2. The summed E-state index contributed by atoms with van der Waals surface area (Å²) in [4.78, 5) is 16.9. The highest BCUT2D eigenvalue weighted by Gasteiger charge is 2.16. The van der Waals surface area contributed by atoms with Crippen LogP contribution in [0.3, 0.4) is 0 Å². The van der Waals surface area contributed by atoms with Gasteiger partial charge in [-0.15, -0.1) is 0 Å². The number of hydrogen-bond donors (Lipinski definition) is 3. The number of nitrogens with one attached hydrogen (secondary N) is 3. The van der Waals surface area contributed by atoms with E-state index in [0.29, 0.717) is 0 Å². The van der Waals surface area contributed by atoms with Crippen LogP contribution in [0, 0.1) is 6.92 Å². The standard InChI is InChI=1S/C22H20N8/c1-13-11-30(12-26-13)19-4-7-24-21-16(19)9-18(27-21)20-17-8-15(10-25-22(17)29-28-20)14-2-5-23-6-3-14/h2,4,7-12,23H,3,5-6H2,1H3,(H,24,27)(H,25,28,29). The van der Waals surface area contributed by atoms with Crippen LogP contribution >= 0.6 is 0 Å². The third-order valence-corrected chi connectivity index (χ3v) is 5.60. The van der Waals surface area contributed by atoms with E-state index in [1.54, 1.807) is 6.20 Å². The lowest BCUT2D eigenvalue weighted by Crippen LogP contribution is -2.20. The molecule has 0 unspecified atom stereocenters. The first kappa shape index (κ1) is 17.1. The molecule has 8 heteroatoms. The van der Waals surface area contributed by atoms with E-state index in [4.69, 9.17) is 0 Å². The Bertz CT molecular complexity index is 1420. The van der Waals surface area contributed by atoms with Crippen molar-refractivity contribution in [2.75, 3.05) is 13.1 Å². The summed E-state index contributed by atoms with van der Waals surface area (Å²) < 4.78 is 2.02. The molecule has 3 N–H and O–H groups in total. The largest absolute Gasteiger partial charge is 0.338 e. The van der Waals surface area contributed by atoms with Crippen molar-refractivity contribution in [1.82, 2.24) is 40.0 Å². The fourth-order valence-corrected chi connectivity index (χ4v) is 4.09. The average molecular weight is 396 g/mol. The number of aromatic amines is 2. The van der Waals surface area contributed by atoms with Gasteiger partial charge in [0.1, 0.15) is 11.3 Å². The number of imidazole rings is 1. The van der Waals surface area contributed by atoms with Crippen molar-refractivity contribution in [2.24, 2.45) is 0 Å². The van der Waals surface area contributed by atoms with Crippen molar-refractivity contribution in [3.05, 3.63) is 60.5 Å². The van der Waals surface area contributed by atoms with Crippen LogP contribution in [0.2, 0.25) is 0 Å².